The summed E-state index contributed by atoms with van der Waals surface area (Å²) in [6.45, 7) is 4.20. The number of benzene rings is 3. The van der Waals surface area contributed by atoms with Gasteiger partial charge in [-0.3, -0.25) is 0 Å². The third-order valence-electron chi connectivity index (χ3n) is 4.56. The second-order valence-corrected chi connectivity index (χ2v) is 6.39. The zero-order chi connectivity index (χ0) is 17.4. The van der Waals surface area contributed by atoms with E-state index in [9.17, 15) is 4.39 Å². The second-order valence-electron chi connectivity index (χ2n) is 6.39. The number of hydrogen-bond donors (Lipinski definition) is 0. The van der Waals surface area contributed by atoms with Crippen molar-refractivity contribution >= 4 is 10.9 Å². The smallest absolute Gasteiger partial charge is 0.123 e. The molecule has 0 saturated heterocycles. The summed E-state index contributed by atoms with van der Waals surface area (Å²) in [6.07, 6.45) is 0. The lowest BCUT2D eigenvalue weighted by molar-refractivity contribution is 0.628. The van der Waals surface area contributed by atoms with E-state index in [0.29, 0.717) is 0 Å². The molecular formula is C23H18FN. The van der Waals surface area contributed by atoms with E-state index in [2.05, 4.69) is 50.2 Å². The van der Waals surface area contributed by atoms with Gasteiger partial charge in [0, 0.05) is 10.9 Å². The van der Waals surface area contributed by atoms with Gasteiger partial charge in [0.1, 0.15) is 5.82 Å². The van der Waals surface area contributed by atoms with Crippen LogP contribution in [0, 0.1) is 19.7 Å². The van der Waals surface area contributed by atoms with Crippen molar-refractivity contribution in [2.24, 2.45) is 0 Å². The predicted molar refractivity (Wildman–Crippen MR) is 102 cm³/mol. The first kappa shape index (κ1) is 15.5. The van der Waals surface area contributed by atoms with Gasteiger partial charge in [-0.15, -0.1) is 0 Å². The van der Waals surface area contributed by atoms with Crippen molar-refractivity contribution in [2.75, 3.05) is 0 Å². The maximum absolute atomic E-state index is 13.2. The molecule has 4 aromatic rings. The Hall–Kier alpha value is -3.00. The molecule has 122 valence electrons. The van der Waals surface area contributed by atoms with Crippen LogP contribution < -0.4 is 0 Å². The number of aromatic nitrogens is 1. The van der Waals surface area contributed by atoms with E-state index in [4.69, 9.17) is 4.98 Å². The van der Waals surface area contributed by atoms with E-state index in [0.717, 1.165) is 33.3 Å². The zero-order valence-corrected chi connectivity index (χ0v) is 14.3. The van der Waals surface area contributed by atoms with Gasteiger partial charge < -0.3 is 0 Å². The molecule has 0 atom stereocenters. The number of pyridine rings is 1. The molecule has 0 amide bonds. The zero-order valence-electron chi connectivity index (χ0n) is 14.3. The minimum absolute atomic E-state index is 0.223. The quantitative estimate of drug-likeness (QED) is 0.419. The highest BCUT2D eigenvalue weighted by atomic mass is 19.1. The maximum Gasteiger partial charge on any atom is 0.123 e. The largest absolute Gasteiger partial charge is 0.248 e. The van der Waals surface area contributed by atoms with Crippen molar-refractivity contribution in [3.8, 4) is 22.4 Å². The van der Waals surface area contributed by atoms with Crippen LogP contribution in [0.3, 0.4) is 0 Å². The normalized spacial score (nSPS) is 11.0. The Labute approximate surface area is 146 Å². The van der Waals surface area contributed by atoms with Crippen LogP contribution in [0.5, 0.6) is 0 Å². The summed E-state index contributed by atoms with van der Waals surface area (Å²) in [5, 5.41) is 1.07. The van der Waals surface area contributed by atoms with E-state index in [1.165, 1.54) is 23.3 Å². The summed E-state index contributed by atoms with van der Waals surface area (Å²) >= 11 is 0. The van der Waals surface area contributed by atoms with E-state index in [-0.39, 0.29) is 5.82 Å². The monoisotopic (exact) mass is 327 g/mol. The van der Waals surface area contributed by atoms with Crippen molar-refractivity contribution in [3.63, 3.8) is 0 Å². The predicted octanol–water partition coefficient (Wildman–Crippen LogP) is 6.32. The molecule has 0 saturated carbocycles. The molecule has 0 aliphatic heterocycles. The lowest BCUT2D eigenvalue weighted by Gasteiger charge is -2.10. The number of aryl methyl sites for hydroxylation is 2. The van der Waals surface area contributed by atoms with Crippen LogP contribution in [0.2, 0.25) is 0 Å². The van der Waals surface area contributed by atoms with Gasteiger partial charge in [-0.25, -0.2) is 9.37 Å². The molecule has 1 aromatic heterocycles. The van der Waals surface area contributed by atoms with Crippen molar-refractivity contribution < 1.29 is 4.39 Å². The van der Waals surface area contributed by atoms with Crippen molar-refractivity contribution in [2.45, 2.75) is 13.8 Å². The molecule has 1 heterocycles. The number of nitrogens with zero attached hydrogens (tertiary/aromatic N) is 1. The lowest BCUT2D eigenvalue weighted by atomic mass is 9.98. The van der Waals surface area contributed by atoms with Crippen LogP contribution in [0.4, 0.5) is 4.39 Å². The van der Waals surface area contributed by atoms with Crippen molar-refractivity contribution in [1.29, 1.82) is 0 Å². The van der Waals surface area contributed by atoms with Crippen LogP contribution in [-0.4, -0.2) is 4.98 Å². The van der Waals surface area contributed by atoms with E-state index in [1.54, 1.807) is 0 Å². The first-order chi connectivity index (χ1) is 12.1. The van der Waals surface area contributed by atoms with Crippen LogP contribution in [0.1, 0.15) is 11.1 Å². The highest BCUT2D eigenvalue weighted by Gasteiger charge is 2.08. The lowest BCUT2D eigenvalue weighted by Crippen LogP contribution is -1.90. The fourth-order valence-electron chi connectivity index (χ4n) is 3.20. The van der Waals surface area contributed by atoms with Crippen molar-refractivity contribution in [1.82, 2.24) is 4.98 Å². The third kappa shape index (κ3) is 2.91. The molecule has 0 spiro atoms. The highest BCUT2D eigenvalue weighted by molar-refractivity contribution is 5.95. The Morgan fingerprint density at radius 2 is 1.56 bits per heavy atom. The van der Waals surface area contributed by atoms with Gasteiger partial charge in [0.15, 0.2) is 0 Å². The molecule has 2 heteroatoms. The molecule has 1 nitrogen and oxygen atoms in total. The first-order valence-electron chi connectivity index (χ1n) is 8.35. The Morgan fingerprint density at radius 3 is 2.36 bits per heavy atom. The molecular weight excluding hydrogens is 309 g/mol. The molecule has 25 heavy (non-hydrogen) atoms. The average molecular weight is 327 g/mol. The number of rotatable bonds is 2. The molecule has 3 aromatic carbocycles. The molecule has 0 bridgehead atoms. The summed E-state index contributed by atoms with van der Waals surface area (Å²) in [5.74, 6) is -0.223. The molecule has 0 radical (unpaired) electrons. The summed E-state index contributed by atoms with van der Waals surface area (Å²) in [5.41, 5.74) is 7.58. The van der Waals surface area contributed by atoms with Gasteiger partial charge in [-0.05, 0) is 60.9 Å². The molecule has 0 aliphatic rings. The molecule has 0 fully saturated rings. The Balaban J connectivity index is 1.88. The molecule has 0 unspecified atom stereocenters. The second kappa shape index (κ2) is 6.14. The fraction of sp³-hybridized carbons (Fsp3) is 0.0870. The van der Waals surface area contributed by atoms with Gasteiger partial charge >= 0.3 is 0 Å². The SMILES string of the molecule is Cc1ccc(C)c(-c2ccc3c(-c4ccc(F)cc4)cccc3n2)c1. The average Bonchev–Trinajstić information content (AvgIpc) is 2.63. The molecule has 4 rings (SSSR count). The Bertz CT molecular complexity index is 1070. The highest BCUT2D eigenvalue weighted by Crippen LogP contribution is 2.31. The van der Waals surface area contributed by atoms with Crippen LogP contribution in [-0.2, 0) is 0 Å². The van der Waals surface area contributed by atoms with Gasteiger partial charge in [0.2, 0.25) is 0 Å². The summed E-state index contributed by atoms with van der Waals surface area (Å²) < 4.78 is 13.2. The first-order valence-corrected chi connectivity index (χ1v) is 8.35. The number of halogens is 1. The van der Waals surface area contributed by atoms with Gasteiger partial charge in [0.05, 0.1) is 11.2 Å². The standard InChI is InChI=1S/C23H18FN/c1-15-6-7-16(2)21(14-15)23-13-12-20-19(4-3-5-22(20)25-23)17-8-10-18(24)11-9-17/h3-14H,1-2H3. The summed E-state index contributed by atoms with van der Waals surface area (Å²) in [7, 11) is 0. The van der Waals surface area contributed by atoms with Crippen LogP contribution >= 0.6 is 0 Å². The minimum atomic E-state index is -0.223. The van der Waals surface area contributed by atoms with Crippen LogP contribution in [0.25, 0.3) is 33.3 Å². The van der Waals surface area contributed by atoms with Crippen molar-refractivity contribution in [3.05, 3.63) is 89.7 Å². The fourth-order valence-corrected chi connectivity index (χ4v) is 3.20. The summed E-state index contributed by atoms with van der Waals surface area (Å²) in [6, 6.07) is 23.3. The third-order valence-corrected chi connectivity index (χ3v) is 4.56. The topological polar surface area (TPSA) is 12.9 Å². The Morgan fingerprint density at radius 1 is 0.760 bits per heavy atom. The van der Waals surface area contributed by atoms with E-state index in [1.807, 2.05) is 24.3 Å². The van der Waals surface area contributed by atoms with Gasteiger partial charge in [-0.1, -0.05) is 48.0 Å². The summed E-state index contributed by atoms with van der Waals surface area (Å²) in [4.78, 5) is 4.88. The van der Waals surface area contributed by atoms with E-state index < -0.39 is 0 Å². The van der Waals surface area contributed by atoms with E-state index >= 15 is 0 Å². The Kier molecular flexibility index (Phi) is 3.81. The number of hydrogen-bond acceptors (Lipinski definition) is 1. The molecule has 0 N–H and O–H groups in total. The minimum Gasteiger partial charge on any atom is -0.248 e. The number of fused-ring (bicyclic) bond motifs is 1. The van der Waals surface area contributed by atoms with Gasteiger partial charge in [0.25, 0.3) is 0 Å². The maximum atomic E-state index is 13.2. The van der Waals surface area contributed by atoms with Gasteiger partial charge in [-0.2, -0.15) is 0 Å². The molecule has 0 aliphatic carbocycles. The van der Waals surface area contributed by atoms with Crippen LogP contribution in [0.15, 0.2) is 72.8 Å².